The molecule has 0 aromatic heterocycles. The molecule has 2 atom stereocenters. The number of rotatable bonds is 6. The molecule has 0 aliphatic carbocycles. The van der Waals surface area contributed by atoms with E-state index in [2.05, 4.69) is 59.9 Å². The Morgan fingerprint density at radius 3 is 2.34 bits per heavy atom. The highest BCUT2D eigenvalue weighted by Crippen LogP contribution is 2.33. The van der Waals surface area contributed by atoms with Crippen LogP contribution in [-0.2, 0) is 4.74 Å². The minimum Gasteiger partial charge on any atom is -0.368 e. The van der Waals surface area contributed by atoms with Gasteiger partial charge in [0.05, 0.1) is 23.5 Å². The fourth-order valence-electron chi connectivity index (χ4n) is 3.89. The van der Waals surface area contributed by atoms with Crippen molar-refractivity contribution < 1.29 is 14.3 Å². The monoisotopic (exact) mass is 615 g/mol. The van der Waals surface area contributed by atoms with E-state index in [1.165, 1.54) is 0 Å². The van der Waals surface area contributed by atoms with Gasteiger partial charge in [-0.3, -0.25) is 14.9 Å². The summed E-state index contributed by atoms with van der Waals surface area (Å²) in [6.07, 6.45) is 1.75. The first-order valence-electron chi connectivity index (χ1n) is 11.1. The summed E-state index contributed by atoms with van der Waals surface area (Å²) in [4.78, 5) is 25.6. The van der Waals surface area contributed by atoms with Crippen molar-refractivity contribution in [2.24, 2.45) is 0 Å². The maximum Gasteiger partial charge on any atom is 0.257 e. The number of ether oxygens (including phenoxy) is 1. The van der Waals surface area contributed by atoms with Crippen LogP contribution in [0.15, 0.2) is 81.7 Å². The molecule has 180 valence electrons. The van der Waals surface area contributed by atoms with E-state index in [1.54, 1.807) is 36.4 Å². The molecule has 0 saturated carbocycles. The lowest BCUT2D eigenvalue weighted by atomic mass is 10.1. The Bertz CT molecular complexity index is 1230. The van der Waals surface area contributed by atoms with Crippen LogP contribution in [0.4, 0.5) is 5.69 Å². The summed E-state index contributed by atoms with van der Waals surface area (Å²) in [6.45, 7) is 0.388. The first-order chi connectivity index (χ1) is 16.9. The Labute approximate surface area is 226 Å². The minimum absolute atomic E-state index is 0.0420. The van der Waals surface area contributed by atoms with Gasteiger partial charge in [-0.05, 0) is 70.8 Å². The number of anilines is 1. The number of nitrogens with one attached hydrogen (secondary N) is 3. The number of carbonyl (C=O) groups is 2. The van der Waals surface area contributed by atoms with E-state index in [1.807, 2.05) is 24.3 Å². The largest absolute Gasteiger partial charge is 0.368 e. The third-order valence-electron chi connectivity index (χ3n) is 5.56. The van der Waals surface area contributed by atoms with Crippen LogP contribution >= 0.6 is 44.1 Å². The van der Waals surface area contributed by atoms with Crippen molar-refractivity contribution >= 4 is 66.7 Å². The molecule has 3 aromatic rings. The van der Waals surface area contributed by atoms with Gasteiger partial charge in [-0.15, -0.1) is 0 Å². The second-order valence-electron chi connectivity index (χ2n) is 8.03. The van der Waals surface area contributed by atoms with Crippen LogP contribution < -0.4 is 16.0 Å². The standard InChI is InChI=1S/C26H23Br2N3O3S/c27-18-13-20(28)23(21(14-18)30-26(35)31-24(32)17-9-5-2-6-10-17)25(33)29-15-19-11-12-22(34-19)16-7-3-1-4-8-16/h1-10,13-14,19,22H,11-12,15H2,(H,29,33)(H2,30,31,32,35)/t19-,22+/m1/s1. The molecule has 0 bridgehead atoms. The summed E-state index contributed by atoms with van der Waals surface area (Å²) in [5, 5.41) is 8.68. The highest BCUT2D eigenvalue weighted by Gasteiger charge is 2.27. The zero-order valence-electron chi connectivity index (χ0n) is 18.6. The number of thiocarbonyl (C=S) groups is 1. The molecule has 0 spiro atoms. The van der Waals surface area contributed by atoms with Crippen molar-refractivity contribution in [2.75, 3.05) is 11.9 Å². The lowest BCUT2D eigenvalue weighted by Crippen LogP contribution is -2.36. The first kappa shape index (κ1) is 25.5. The molecular weight excluding hydrogens is 594 g/mol. The third kappa shape index (κ3) is 6.76. The summed E-state index contributed by atoms with van der Waals surface area (Å²) in [6, 6.07) is 22.4. The SMILES string of the molecule is O=C(NC(=S)Nc1cc(Br)cc(Br)c1C(=O)NC[C@H]1CC[C@@H](c2ccccc2)O1)c1ccccc1. The van der Waals surface area contributed by atoms with Gasteiger partial charge in [-0.1, -0.05) is 64.5 Å². The Balaban J connectivity index is 1.39. The number of carbonyl (C=O) groups excluding carboxylic acids is 2. The van der Waals surface area contributed by atoms with E-state index < -0.39 is 0 Å². The molecule has 6 nitrogen and oxygen atoms in total. The van der Waals surface area contributed by atoms with Gasteiger partial charge in [-0.25, -0.2) is 0 Å². The topological polar surface area (TPSA) is 79.5 Å². The summed E-state index contributed by atoms with van der Waals surface area (Å²) >= 11 is 12.3. The van der Waals surface area contributed by atoms with E-state index in [0.29, 0.717) is 27.8 Å². The molecule has 3 N–H and O–H groups in total. The maximum absolute atomic E-state index is 13.1. The van der Waals surface area contributed by atoms with Crippen molar-refractivity contribution in [3.63, 3.8) is 0 Å². The van der Waals surface area contributed by atoms with Gasteiger partial charge in [0, 0.05) is 21.1 Å². The van der Waals surface area contributed by atoms with Crippen LogP contribution in [0.5, 0.6) is 0 Å². The van der Waals surface area contributed by atoms with Crippen LogP contribution in [0.2, 0.25) is 0 Å². The van der Waals surface area contributed by atoms with E-state index in [-0.39, 0.29) is 29.1 Å². The molecule has 1 fully saturated rings. The number of hydrogen-bond acceptors (Lipinski definition) is 4. The van der Waals surface area contributed by atoms with Crippen molar-refractivity contribution in [2.45, 2.75) is 25.0 Å². The Hall–Kier alpha value is -2.59. The summed E-state index contributed by atoms with van der Waals surface area (Å²) in [5.41, 5.74) is 2.46. The smallest absolute Gasteiger partial charge is 0.257 e. The summed E-state index contributed by atoms with van der Waals surface area (Å²) in [5.74, 6) is -0.620. The minimum atomic E-state index is -0.338. The molecule has 1 heterocycles. The van der Waals surface area contributed by atoms with Gasteiger partial charge in [-0.2, -0.15) is 0 Å². The molecule has 9 heteroatoms. The average Bonchev–Trinajstić information content (AvgIpc) is 3.32. The lowest BCUT2D eigenvalue weighted by molar-refractivity contribution is 0.0436. The summed E-state index contributed by atoms with van der Waals surface area (Å²) < 4.78 is 7.47. The maximum atomic E-state index is 13.1. The van der Waals surface area contributed by atoms with Gasteiger partial charge >= 0.3 is 0 Å². The molecule has 0 radical (unpaired) electrons. The lowest BCUT2D eigenvalue weighted by Gasteiger charge is -2.18. The first-order valence-corrected chi connectivity index (χ1v) is 13.0. The number of halogens is 2. The zero-order chi connectivity index (χ0) is 24.8. The third-order valence-corrected chi connectivity index (χ3v) is 6.85. The Morgan fingerprint density at radius 2 is 1.63 bits per heavy atom. The van der Waals surface area contributed by atoms with Gasteiger partial charge < -0.3 is 15.4 Å². The molecular formula is C26H23Br2N3O3S. The Kier molecular flexibility index (Phi) is 8.67. The van der Waals surface area contributed by atoms with Crippen molar-refractivity contribution in [3.8, 4) is 0 Å². The molecule has 35 heavy (non-hydrogen) atoms. The number of benzene rings is 3. The van der Waals surface area contributed by atoms with Crippen LogP contribution in [0.1, 0.15) is 45.2 Å². The molecule has 0 unspecified atom stereocenters. The fourth-order valence-corrected chi connectivity index (χ4v) is 5.49. The van der Waals surface area contributed by atoms with Gasteiger partial charge in [0.15, 0.2) is 5.11 Å². The van der Waals surface area contributed by atoms with Crippen molar-refractivity contribution in [1.82, 2.24) is 10.6 Å². The molecule has 4 rings (SSSR count). The predicted octanol–water partition coefficient (Wildman–Crippen LogP) is 5.99. The second kappa shape index (κ2) is 11.9. The molecule has 3 aromatic carbocycles. The van der Waals surface area contributed by atoms with Crippen LogP contribution in [0.3, 0.4) is 0 Å². The quantitative estimate of drug-likeness (QED) is 0.297. The normalized spacial score (nSPS) is 17.0. The van der Waals surface area contributed by atoms with Crippen LogP contribution in [0.25, 0.3) is 0 Å². The van der Waals surface area contributed by atoms with Gasteiger partial charge in [0.1, 0.15) is 0 Å². The molecule has 1 aliphatic rings. The predicted molar refractivity (Wildman–Crippen MR) is 148 cm³/mol. The zero-order valence-corrected chi connectivity index (χ0v) is 22.6. The number of hydrogen-bond donors (Lipinski definition) is 3. The molecule has 2 amide bonds. The Morgan fingerprint density at radius 1 is 0.943 bits per heavy atom. The van der Waals surface area contributed by atoms with Gasteiger partial charge in [0.25, 0.3) is 11.8 Å². The van der Waals surface area contributed by atoms with Gasteiger partial charge in [0.2, 0.25) is 0 Å². The van der Waals surface area contributed by atoms with E-state index >= 15 is 0 Å². The van der Waals surface area contributed by atoms with Crippen LogP contribution in [-0.4, -0.2) is 29.6 Å². The van der Waals surface area contributed by atoms with E-state index in [9.17, 15) is 9.59 Å². The number of amides is 2. The highest BCUT2D eigenvalue weighted by molar-refractivity contribution is 9.11. The highest BCUT2D eigenvalue weighted by atomic mass is 79.9. The molecule has 1 saturated heterocycles. The van der Waals surface area contributed by atoms with Crippen molar-refractivity contribution in [1.29, 1.82) is 0 Å². The van der Waals surface area contributed by atoms with E-state index in [0.717, 1.165) is 22.9 Å². The molecule has 1 aliphatic heterocycles. The van der Waals surface area contributed by atoms with Crippen LogP contribution in [0, 0.1) is 0 Å². The van der Waals surface area contributed by atoms with Crippen molar-refractivity contribution in [3.05, 3.63) is 98.4 Å². The fraction of sp³-hybridized carbons (Fsp3) is 0.192. The average molecular weight is 617 g/mol. The van der Waals surface area contributed by atoms with E-state index in [4.69, 9.17) is 17.0 Å². The second-order valence-corrected chi connectivity index (χ2v) is 10.2. The summed E-state index contributed by atoms with van der Waals surface area (Å²) in [7, 11) is 0.